The van der Waals surface area contributed by atoms with Crippen LogP contribution in [0, 0.1) is 13.8 Å². The lowest BCUT2D eigenvalue weighted by molar-refractivity contribution is -0.111. The molecule has 160 valence electrons. The maximum Gasteiger partial charge on any atom is 0.263 e. The van der Waals surface area contributed by atoms with Crippen molar-refractivity contribution >= 4 is 56.7 Å². The van der Waals surface area contributed by atoms with Crippen LogP contribution in [-0.4, -0.2) is 24.3 Å². The number of amides is 1. The van der Waals surface area contributed by atoms with Crippen LogP contribution in [0.15, 0.2) is 59.5 Å². The molecule has 2 aromatic carbocycles. The van der Waals surface area contributed by atoms with Gasteiger partial charge in [-0.05, 0) is 61.9 Å². The lowest BCUT2D eigenvalue weighted by Gasteiger charge is -2.09. The van der Waals surface area contributed by atoms with Gasteiger partial charge in [-0.2, -0.15) is 0 Å². The second-order valence-electron chi connectivity index (χ2n) is 6.57. The molecule has 7 nitrogen and oxygen atoms in total. The molecule has 2 N–H and O–H groups in total. The van der Waals surface area contributed by atoms with Gasteiger partial charge >= 0.3 is 0 Å². The molecule has 1 aromatic heterocycles. The van der Waals surface area contributed by atoms with Crippen molar-refractivity contribution in [2.45, 2.75) is 18.7 Å². The number of aromatic nitrogens is 2. The monoisotopic (exact) mass is 476 g/mol. The zero-order chi connectivity index (χ0) is 22.6. The van der Waals surface area contributed by atoms with Crippen molar-refractivity contribution in [3.05, 3.63) is 81.7 Å². The number of benzene rings is 2. The second kappa shape index (κ2) is 9.47. The van der Waals surface area contributed by atoms with Gasteiger partial charge in [0, 0.05) is 23.5 Å². The van der Waals surface area contributed by atoms with Gasteiger partial charge in [0.25, 0.3) is 10.0 Å². The molecule has 0 aliphatic carbocycles. The maximum absolute atomic E-state index is 12.6. The predicted octanol–water partition coefficient (Wildman–Crippen LogP) is 4.85. The Bertz CT molecular complexity index is 1240. The molecule has 0 aliphatic heterocycles. The standard InChI is InChI=1S/C21H18Cl2N4O3S/c1-13-11-20(25-14(2)24-13)27-31(29,30)17-7-5-16(6-8-17)26-21(28)10-4-15-3-9-18(22)19(23)12-15/h3-12H,1-2H3,(H,26,28)(H,24,25,27)/b10-4-. The van der Waals surface area contributed by atoms with E-state index in [9.17, 15) is 13.2 Å². The molecule has 0 bridgehead atoms. The Labute approximate surface area is 190 Å². The highest BCUT2D eigenvalue weighted by molar-refractivity contribution is 7.92. The number of rotatable bonds is 6. The molecule has 0 atom stereocenters. The molecule has 1 amide bonds. The third kappa shape index (κ3) is 6.27. The molecule has 3 rings (SSSR count). The lowest BCUT2D eigenvalue weighted by Crippen LogP contribution is -2.15. The third-order valence-electron chi connectivity index (χ3n) is 4.01. The summed E-state index contributed by atoms with van der Waals surface area (Å²) in [6.07, 6.45) is 2.93. The lowest BCUT2D eigenvalue weighted by atomic mass is 10.2. The maximum atomic E-state index is 12.6. The normalized spacial score (nSPS) is 11.5. The van der Waals surface area contributed by atoms with Crippen LogP contribution < -0.4 is 10.0 Å². The Balaban J connectivity index is 1.66. The summed E-state index contributed by atoms with van der Waals surface area (Å²) in [5, 5.41) is 3.48. The van der Waals surface area contributed by atoms with Gasteiger partial charge in [-0.1, -0.05) is 29.3 Å². The van der Waals surface area contributed by atoms with E-state index in [0.717, 1.165) is 0 Å². The van der Waals surface area contributed by atoms with E-state index >= 15 is 0 Å². The molecule has 3 aromatic rings. The highest BCUT2D eigenvalue weighted by Crippen LogP contribution is 2.23. The molecule has 0 unspecified atom stereocenters. The molecule has 31 heavy (non-hydrogen) atoms. The predicted molar refractivity (Wildman–Crippen MR) is 123 cm³/mol. The summed E-state index contributed by atoms with van der Waals surface area (Å²) >= 11 is 11.8. The van der Waals surface area contributed by atoms with E-state index < -0.39 is 10.0 Å². The van der Waals surface area contributed by atoms with Crippen LogP contribution in [0.2, 0.25) is 10.0 Å². The van der Waals surface area contributed by atoms with E-state index in [4.69, 9.17) is 23.2 Å². The fourth-order valence-corrected chi connectivity index (χ4v) is 3.95. The SMILES string of the molecule is Cc1cc(NS(=O)(=O)c2ccc(NC(=O)/C=C\c3ccc(Cl)c(Cl)c3)cc2)nc(C)n1. The Kier molecular flexibility index (Phi) is 6.94. The summed E-state index contributed by atoms with van der Waals surface area (Å²) in [7, 11) is -3.84. The Morgan fingerprint density at radius 1 is 0.968 bits per heavy atom. The number of nitrogens with one attached hydrogen (secondary N) is 2. The van der Waals surface area contributed by atoms with Gasteiger partial charge < -0.3 is 5.32 Å². The van der Waals surface area contributed by atoms with Crippen molar-refractivity contribution < 1.29 is 13.2 Å². The zero-order valence-electron chi connectivity index (χ0n) is 16.6. The summed E-state index contributed by atoms with van der Waals surface area (Å²) in [6.45, 7) is 3.43. The van der Waals surface area contributed by atoms with Crippen LogP contribution in [0.4, 0.5) is 11.5 Å². The number of hydrogen-bond acceptors (Lipinski definition) is 5. The van der Waals surface area contributed by atoms with Gasteiger partial charge in [-0.25, -0.2) is 18.4 Å². The van der Waals surface area contributed by atoms with E-state index in [-0.39, 0.29) is 16.6 Å². The summed E-state index contributed by atoms with van der Waals surface area (Å²) in [5.74, 6) is 0.270. The molecule has 0 saturated heterocycles. The van der Waals surface area contributed by atoms with E-state index in [1.54, 1.807) is 44.2 Å². The molecule has 0 spiro atoms. The summed E-state index contributed by atoms with van der Waals surface area (Å²) < 4.78 is 27.6. The fourth-order valence-electron chi connectivity index (χ4n) is 2.66. The minimum Gasteiger partial charge on any atom is -0.323 e. The zero-order valence-corrected chi connectivity index (χ0v) is 18.9. The van der Waals surface area contributed by atoms with Crippen LogP contribution >= 0.6 is 23.2 Å². The largest absolute Gasteiger partial charge is 0.323 e. The van der Waals surface area contributed by atoms with Crippen LogP contribution in [0.5, 0.6) is 0 Å². The molecule has 0 radical (unpaired) electrons. The minimum atomic E-state index is -3.84. The van der Waals surface area contributed by atoms with Crippen LogP contribution in [-0.2, 0) is 14.8 Å². The van der Waals surface area contributed by atoms with Crippen molar-refractivity contribution in [2.75, 3.05) is 10.0 Å². The topological polar surface area (TPSA) is 101 Å². The molecule has 0 fully saturated rings. The average molecular weight is 477 g/mol. The molecule has 0 saturated carbocycles. The highest BCUT2D eigenvalue weighted by atomic mass is 35.5. The quantitative estimate of drug-likeness (QED) is 0.494. The smallest absolute Gasteiger partial charge is 0.263 e. The number of anilines is 2. The fraction of sp³-hybridized carbons (Fsp3) is 0.0952. The molecule has 0 aliphatic rings. The van der Waals surface area contributed by atoms with Crippen molar-refractivity contribution in [1.29, 1.82) is 0 Å². The number of carbonyl (C=O) groups excluding carboxylic acids is 1. The van der Waals surface area contributed by atoms with E-state index in [2.05, 4.69) is 20.0 Å². The van der Waals surface area contributed by atoms with Gasteiger partial charge in [0.1, 0.15) is 11.6 Å². The van der Waals surface area contributed by atoms with Crippen LogP contribution in [0.1, 0.15) is 17.1 Å². The first-order valence-corrected chi connectivity index (χ1v) is 11.3. The number of halogens is 2. The number of carbonyl (C=O) groups is 1. The van der Waals surface area contributed by atoms with Crippen LogP contribution in [0.25, 0.3) is 6.08 Å². The first kappa shape index (κ1) is 22.7. The van der Waals surface area contributed by atoms with E-state index in [0.29, 0.717) is 32.8 Å². The summed E-state index contributed by atoms with van der Waals surface area (Å²) in [4.78, 5) is 20.3. The first-order valence-electron chi connectivity index (χ1n) is 9.02. The number of sulfonamides is 1. The van der Waals surface area contributed by atoms with Gasteiger partial charge in [0.05, 0.1) is 14.9 Å². The van der Waals surface area contributed by atoms with Gasteiger partial charge in [-0.3, -0.25) is 9.52 Å². The second-order valence-corrected chi connectivity index (χ2v) is 9.06. The first-order chi connectivity index (χ1) is 14.6. The summed E-state index contributed by atoms with van der Waals surface area (Å²) in [6, 6.07) is 12.3. The van der Waals surface area contributed by atoms with Crippen molar-refractivity contribution in [3.63, 3.8) is 0 Å². The van der Waals surface area contributed by atoms with Crippen molar-refractivity contribution in [1.82, 2.24) is 9.97 Å². The van der Waals surface area contributed by atoms with Crippen molar-refractivity contribution in [2.24, 2.45) is 0 Å². The molecular formula is C21H18Cl2N4O3S. The third-order valence-corrected chi connectivity index (χ3v) is 6.12. The van der Waals surface area contributed by atoms with Crippen LogP contribution in [0.3, 0.4) is 0 Å². The summed E-state index contributed by atoms with van der Waals surface area (Å²) in [5.41, 5.74) is 1.81. The van der Waals surface area contributed by atoms with Gasteiger partial charge in [0.2, 0.25) is 5.91 Å². The van der Waals surface area contributed by atoms with Gasteiger partial charge in [-0.15, -0.1) is 0 Å². The number of hydrogen-bond donors (Lipinski definition) is 2. The average Bonchev–Trinajstić information content (AvgIpc) is 2.68. The Morgan fingerprint density at radius 3 is 2.32 bits per heavy atom. The number of nitrogens with zero attached hydrogens (tertiary/aromatic N) is 2. The molecule has 10 heteroatoms. The Morgan fingerprint density at radius 2 is 1.68 bits per heavy atom. The number of aryl methyl sites for hydroxylation is 2. The highest BCUT2D eigenvalue weighted by Gasteiger charge is 2.15. The molecule has 1 heterocycles. The van der Waals surface area contributed by atoms with E-state index in [1.807, 2.05) is 0 Å². The molecular weight excluding hydrogens is 459 g/mol. The Hall–Kier alpha value is -2.94. The van der Waals surface area contributed by atoms with E-state index in [1.165, 1.54) is 30.3 Å². The van der Waals surface area contributed by atoms with Gasteiger partial charge in [0.15, 0.2) is 0 Å². The minimum absolute atomic E-state index is 0.0331. The van der Waals surface area contributed by atoms with Crippen molar-refractivity contribution in [3.8, 4) is 0 Å².